The highest BCUT2D eigenvalue weighted by molar-refractivity contribution is 5.93. The van der Waals surface area contributed by atoms with Gasteiger partial charge in [-0.3, -0.25) is 9.79 Å². The van der Waals surface area contributed by atoms with E-state index >= 15 is 0 Å². The Bertz CT molecular complexity index is 536. The summed E-state index contributed by atoms with van der Waals surface area (Å²) in [4.78, 5) is 15.3. The number of benzene rings is 1. The van der Waals surface area contributed by atoms with Crippen LogP contribution in [0.4, 0.5) is 4.39 Å². The second-order valence-electron chi connectivity index (χ2n) is 4.43. The Labute approximate surface area is 116 Å². The third kappa shape index (κ3) is 3.02. The molecule has 4 N–H and O–H groups in total. The van der Waals surface area contributed by atoms with Crippen LogP contribution in [0.25, 0.3) is 0 Å². The molecule has 1 aliphatic heterocycles. The number of nitrogens with zero attached hydrogens (tertiary/aromatic N) is 1. The van der Waals surface area contributed by atoms with Crippen molar-refractivity contribution in [3.8, 4) is 0 Å². The molecule has 1 aromatic rings. The number of ether oxygens (including phenoxy) is 1. The van der Waals surface area contributed by atoms with Crippen LogP contribution in [0.2, 0.25) is 0 Å². The monoisotopic (exact) mass is 287 g/mol. The number of primary amides is 1. The van der Waals surface area contributed by atoms with E-state index in [9.17, 15) is 9.18 Å². The molecule has 19 heavy (non-hydrogen) atoms. The van der Waals surface area contributed by atoms with Crippen LogP contribution in [0.1, 0.15) is 22.8 Å². The minimum Gasteiger partial charge on any atom is -0.386 e. The van der Waals surface area contributed by atoms with Gasteiger partial charge in [0, 0.05) is 11.1 Å². The first-order valence-corrected chi connectivity index (χ1v) is 5.44. The smallest absolute Gasteiger partial charge is 0.248 e. The molecule has 1 amide bonds. The minimum absolute atomic E-state index is 0. The number of carbonyl (C=O) groups is 1. The molecular formula is C12H15ClFN3O2. The van der Waals surface area contributed by atoms with Crippen LogP contribution < -0.4 is 11.5 Å². The van der Waals surface area contributed by atoms with E-state index in [2.05, 4.69) is 4.99 Å². The van der Waals surface area contributed by atoms with Crippen LogP contribution in [-0.2, 0) is 10.3 Å². The quantitative estimate of drug-likeness (QED) is 0.848. The van der Waals surface area contributed by atoms with E-state index in [1.54, 1.807) is 6.92 Å². The van der Waals surface area contributed by atoms with Gasteiger partial charge >= 0.3 is 0 Å². The van der Waals surface area contributed by atoms with E-state index in [-0.39, 0.29) is 36.7 Å². The second-order valence-corrected chi connectivity index (χ2v) is 4.43. The molecule has 104 valence electrons. The number of nitrogens with two attached hydrogens (primary N) is 2. The Hall–Kier alpha value is -1.66. The fraction of sp³-hybridized carbons (Fsp3) is 0.333. The number of carbonyl (C=O) groups excluding carboxylic acids is 1. The SMILES string of the molecule is C[C@]1(c2cc(C(N)=O)ccc2F)COCC(N)=N1.Cl. The van der Waals surface area contributed by atoms with Gasteiger partial charge in [-0.15, -0.1) is 12.4 Å². The largest absolute Gasteiger partial charge is 0.386 e. The van der Waals surface area contributed by atoms with E-state index in [1.807, 2.05) is 0 Å². The Kier molecular flexibility index (Phi) is 4.49. The summed E-state index contributed by atoms with van der Waals surface area (Å²) in [5, 5.41) is 0. The molecule has 2 rings (SSSR count). The number of amides is 1. The van der Waals surface area contributed by atoms with Crippen LogP contribution in [0.5, 0.6) is 0 Å². The Morgan fingerprint density at radius 2 is 2.21 bits per heavy atom. The summed E-state index contributed by atoms with van der Waals surface area (Å²) in [5.41, 5.74) is 10.3. The van der Waals surface area contributed by atoms with E-state index < -0.39 is 17.3 Å². The molecule has 1 aliphatic rings. The first-order chi connectivity index (χ1) is 8.42. The summed E-state index contributed by atoms with van der Waals surface area (Å²) >= 11 is 0. The van der Waals surface area contributed by atoms with Crippen LogP contribution in [0, 0.1) is 5.82 Å². The summed E-state index contributed by atoms with van der Waals surface area (Å²) < 4.78 is 19.1. The Balaban J connectivity index is 0.00000180. The summed E-state index contributed by atoms with van der Waals surface area (Å²) in [6.07, 6.45) is 0. The van der Waals surface area contributed by atoms with Gasteiger partial charge in [-0.1, -0.05) is 0 Å². The molecule has 0 saturated carbocycles. The molecule has 1 heterocycles. The third-order valence-corrected chi connectivity index (χ3v) is 2.85. The number of halogens is 2. The Morgan fingerprint density at radius 3 is 2.79 bits per heavy atom. The molecule has 1 atom stereocenters. The van der Waals surface area contributed by atoms with Crippen LogP contribution in [-0.4, -0.2) is 25.0 Å². The lowest BCUT2D eigenvalue weighted by molar-refractivity contribution is 0.0995. The highest BCUT2D eigenvalue weighted by Crippen LogP contribution is 2.30. The average molecular weight is 288 g/mol. The molecule has 0 bridgehead atoms. The number of hydrogen-bond acceptors (Lipinski definition) is 4. The highest BCUT2D eigenvalue weighted by Gasteiger charge is 2.33. The topological polar surface area (TPSA) is 90.7 Å². The van der Waals surface area contributed by atoms with Gasteiger partial charge in [-0.2, -0.15) is 0 Å². The maximum Gasteiger partial charge on any atom is 0.248 e. The number of hydrogen-bond donors (Lipinski definition) is 2. The first kappa shape index (κ1) is 15.4. The van der Waals surface area contributed by atoms with Gasteiger partial charge in [0.2, 0.25) is 5.91 Å². The van der Waals surface area contributed by atoms with E-state index in [4.69, 9.17) is 16.2 Å². The fourth-order valence-electron chi connectivity index (χ4n) is 1.97. The van der Waals surface area contributed by atoms with Crippen molar-refractivity contribution in [3.05, 3.63) is 35.1 Å². The van der Waals surface area contributed by atoms with Gasteiger partial charge in [0.25, 0.3) is 0 Å². The Morgan fingerprint density at radius 1 is 1.53 bits per heavy atom. The number of rotatable bonds is 2. The molecule has 0 fully saturated rings. The number of aliphatic imine (C=N–C) groups is 1. The van der Waals surface area contributed by atoms with Crippen LogP contribution in [0.15, 0.2) is 23.2 Å². The normalized spacial score (nSPS) is 22.3. The zero-order chi connectivity index (χ0) is 13.3. The zero-order valence-electron chi connectivity index (χ0n) is 10.4. The molecule has 5 nitrogen and oxygen atoms in total. The average Bonchev–Trinajstić information content (AvgIpc) is 2.28. The van der Waals surface area contributed by atoms with Crippen molar-refractivity contribution in [2.24, 2.45) is 16.5 Å². The van der Waals surface area contributed by atoms with Crippen molar-refractivity contribution in [2.45, 2.75) is 12.5 Å². The fourth-order valence-corrected chi connectivity index (χ4v) is 1.97. The minimum atomic E-state index is -0.933. The number of amidine groups is 1. The molecular weight excluding hydrogens is 273 g/mol. The van der Waals surface area contributed by atoms with Gasteiger partial charge < -0.3 is 16.2 Å². The predicted molar refractivity (Wildman–Crippen MR) is 72.0 cm³/mol. The van der Waals surface area contributed by atoms with Crippen molar-refractivity contribution in [1.82, 2.24) is 0 Å². The molecule has 0 spiro atoms. The molecule has 1 aromatic carbocycles. The van der Waals surface area contributed by atoms with Crippen molar-refractivity contribution < 1.29 is 13.9 Å². The van der Waals surface area contributed by atoms with Crippen LogP contribution in [0.3, 0.4) is 0 Å². The van der Waals surface area contributed by atoms with Crippen molar-refractivity contribution >= 4 is 24.1 Å². The molecule has 0 saturated heterocycles. The third-order valence-electron chi connectivity index (χ3n) is 2.85. The molecule has 0 radical (unpaired) electrons. The summed E-state index contributed by atoms with van der Waals surface area (Å²) in [5.74, 6) is -0.786. The van der Waals surface area contributed by atoms with E-state index in [0.717, 1.165) is 0 Å². The standard InChI is InChI=1S/C12H14FN3O2.ClH/c1-12(6-18-5-10(14)16-12)8-4-7(11(15)17)2-3-9(8)13;/h2-4H,5-6H2,1H3,(H2,14,16)(H2,15,17);1H/t12-;/m1./s1. The lowest BCUT2D eigenvalue weighted by atomic mass is 9.91. The molecule has 0 aliphatic carbocycles. The van der Waals surface area contributed by atoms with Gasteiger partial charge in [-0.25, -0.2) is 4.39 Å². The highest BCUT2D eigenvalue weighted by atomic mass is 35.5. The van der Waals surface area contributed by atoms with Crippen LogP contribution >= 0.6 is 12.4 Å². The lowest BCUT2D eigenvalue weighted by Crippen LogP contribution is -2.38. The zero-order valence-corrected chi connectivity index (χ0v) is 11.2. The summed E-state index contributed by atoms with van der Waals surface area (Å²) in [7, 11) is 0. The van der Waals surface area contributed by atoms with Gasteiger partial charge in [0.15, 0.2) is 0 Å². The van der Waals surface area contributed by atoms with E-state index in [0.29, 0.717) is 5.84 Å². The van der Waals surface area contributed by atoms with Gasteiger partial charge in [-0.05, 0) is 25.1 Å². The molecule has 0 unspecified atom stereocenters. The molecule has 7 heteroatoms. The van der Waals surface area contributed by atoms with Crippen molar-refractivity contribution in [3.63, 3.8) is 0 Å². The maximum absolute atomic E-state index is 13.9. The van der Waals surface area contributed by atoms with Crippen molar-refractivity contribution in [1.29, 1.82) is 0 Å². The predicted octanol–water partition coefficient (Wildman–Crippen LogP) is 0.949. The summed E-state index contributed by atoms with van der Waals surface area (Å²) in [6.45, 7) is 2.13. The van der Waals surface area contributed by atoms with Crippen molar-refractivity contribution in [2.75, 3.05) is 13.2 Å². The van der Waals surface area contributed by atoms with Gasteiger partial charge in [0.05, 0.1) is 6.61 Å². The maximum atomic E-state index is 13.9. The summed E-state index contributed by atoms with van der Waals surface area (Å²) in [6, 6.07) is 3.92. The van der Waals surface area contributed by atoms with E-state index in [1.165, 1.54) is 18.2 Å². The lowest BCUT2D eigenvalue weighted by Gasteiger charge is -2.30. The molecule has 0 aromatic heterocycles. The first-order valence-electron chi connectivity index (χ1n) is 5.44. The van der Waals surface area contributed by atoms with Gasteiger partial charge in [0.1, 0.15) is 23.8 Å². The second kappa shape index (κ2) is 5.54.